The van der Waals surface area contributed by atoms with Gasteiger partial charge in [0.05, 0.1) is 23.8 Å². The predicted octanol–water partition coefficient (Wildman–Crippen LogP) is 7.57. The highest BCUT2D eigenvalue weighted by Gasteiger charge is 2.37. The number of amides is 4. The van der Waals surface area contributed by atoms with Crippen LogP contribution < -0.4 is 15.0 Å². The zero-order valence-corrected chi connectivity index (χ0v) is 24.4. The molecule has 11 heteroatoms. The molecule has 0 saturated carbocycles. The van der Waals surface area contributed by atoms with Gasteiger partial charge in [0.15, 0.2) is 0 Å². The summed E-state index contributed by atoms with van der Waals surface area (Å²) >= 11 is 23.8. The van der Waals surface area contributed by atoms with Crippen LogP contribution in [0.2, 0.25) is 15.1 Å². The smallest absolute Gasteiger partial charge is 0.335 e. The van der Waals surface area contributed by atoms with Gasteiger partial charge in [-0.2, -0.15) is 0 Å². The van der Waals surface area contributed by atoms with E-state index in [-0.39, 0.29) is 17.9 Å². The Bertz CT molecular complexity index is 1440. The number of urea groups is 1. The standard InChI is InChI=1S/C25H15BrCl3IN2O4/c1-12-2-4-15(10-19(12)28)32-24(34)16(23(33)31-25(32)35)6-14-7-17(26)22(21(30)9-14)36-11-13-3-5-18(27)20(29)8-13/h2-10H,11H2,1H3,(H,31,33,35)/b16-6-. The van der Waals surface area contributed by atoms with E-state index in [1.807, 2.05) is 6.07 Å². The van der Waals surface area contributed by atoms with Gasteiger partial charge in [-0.1, -0.05) is 46.9 Å². The molecule has 1 saturated heterocycles. The number of hydrogen-bond donors (Lipinski definition) is 1. The summed E-state index contributed by atoms with van der Waals surface area (Å²) < 4.78 is 7.30. The van der Waals surface area contributed by atoms with Gasteiger partial charge in [-0.15, -0.1) is 0 Å². The molecule has 1 heterocycles. The van der Waals surface area contributed by atoms with Gasteiger partial charge in [0.2, 0.25) is 0 Å². The lowest BCUT2D eigenvalue weighted by molar-refractivity contribution is -0.122. The first kappa shape index (κ1) is 26.9. The van der Waals surface area contributed by atoms with Gasteiger partial charge in [0.1, 0.15) is 17.9 Å². The maximum Gasteiger partial charge on any atom is 0.335 e. The maximum atomic E-state index is 13.2. The third-order valence-electron chi connectivity index (χ3n) is 5.21. The Balaban J connectivity index is 1.61. The van der Waals surface area contributed by atoms with Crippen molar-refractivity contribution >= 4 is 103 Å². The number of nitrogens with one attached hydrogen (secondary N) is 1. The van der Waals surface area contributed by atoms with E-state index in [2.05, 4.69) is 43.8 Å². The summed E-state index contributed by atoms with van der Waals surface area (Å²) in [4.78, 5) is 39.0. The molecular formula is C25H15BrCl3IN2O4. The van der Waals surface area contributed by atoms with Crippen molar-refractivity contribution in [2.24, 2.45) is 0 Å². The van der Waals surface area contributed by atoms with Gasteiger partial charge in [0.25, 0.3) is 11.8 Å². The van der Waals surface area contributed by atoms with Crippen LogP contribution >= 0.6 is 73.3 Å². The Morgan fingerprint density at radius 2 is 1.75 bits per heavy atom. The summed E-state index contributed by atoms with van der Waals surface area (Å²) in [5, 5.41) is 3.50. The van der Waals surface area contributed by atoms with Crippen molar-refractivity contribution in [2.45, 2.75) is 13.5 Å². The highest BCUT2D eigenvalue weighted by Crippen LogP contribution is 2.34. The van der Waals surface area contributed by atoms with Crippen molar-refractivity contribution in [1.82, 2.24) is 5.32 Å². The fraction of sp³-hybridized carbons (Fsp3) is 0.0800. The van der Waals surface area contributed by atoms with Gasteiger partial charge in [-0.3, -0.25) is 14.9 Å². The zero-order valence-electron chi connectivity index (χ0n) is 18.4. The minimum atomic E-state index is -0.844. The van der Waals surface area contributed by atoms with Crippen LogP contribution in [0.4, 0.5) is 10.5 Å². The van der Waals surface area contributed by atoms with E-state index in [0.717, 1.165) is 19.6 Å². The zero-order chi connectivity index (χ0) is 26.1. The van der Waals surface area contributed by atoms with Crippen LogP contribution in [0.1, 0.15) is 16.7 Å². The molecular weight excluding hydrogens is 705 g/mol. The van der Waals surface area contributed by atoms with E-state index >= 15 is 0 Å². The van der Waals surface area contributed by atoms with Crippen molar-refractivity contribution in [1.29, 1.82) is 0 Å². The van der Waals surface area contributed by atoms with Gasteiger partial charge in [0, 0.05) is 5.02 Å². The number of aryl methyl sites for hydroxylation is 1. The van der Waals surface area contributed by atoms with Gasteiger partial charge < -0.3 is 4.74 Å². The summed E-state index contributed by atoms with van der Waals surface area (Å²) in [6.07, 6.45) is 1.42. The third kappa shape index (κ3) is 5.73. The second-order valence-corrected chi connectivity index (χ2v) is 11.0. The first-order valence-corrected chi connectivity index (χ1v) is 13.3. The van der Waals surface area contributed by atoms with Crippen molar-refractivity contribution < 1.29 is 19.1 Å². The summed E-state index contributed by atoms with van der Waals surface area (Å²) in [6.45, 7) is 2.06. The van der Waals surface area contributed by atoms with Crippen LogP contribution in [-0.2, 0) is 16.2 Å². The Labute approximate surface area is 243 Å². The number of halogens is 5. The average molecular weight is 721 g/mol. The molecule has 6 nitrogen and oxygen atoms in total. The first-order valence-electron chi connectivity index (χ1n) is 10.3. The topological polar surface area (TPSA) is 75.7 Å². The maximum absolute atomic E-state index is 13.2. The van der Waals surface area contributed by atoms with Gasteiger partial charge in [-0.05, 0) is 105 Å². The van der Waals surface area contributed by atoms with E-state index in [1.165, 1.54) is 12.1 Å². The third-order valence-corrected chi connectivity index (χ3v) is 7.75. The van der Waals surface area contributed by atoms with E-state index in [1.54, 1.807) is 43.3 Å². The van der Waals surface area contributed by atoms with Crippen LogP contribution in [0.15, 0.2) is 58.6 Å². The summed E-state index contributed by atoms with van der Waals surface area (Å²) in [7, 11) is 0. The van der Waals surface area contributed by atoms with Crippen molar-refractivity contribution in [2.75, 3.05) is 4.90 Å². The molecule has 36 heavy (non-hydrogen) atoms. The molecule has 184 valence electrons. The number of carbonyl (C=O) groups is 3. The molecule has 3 aromatic rings. The van der Waals surface area contributed by atoms with E-state index < -0.39 is 17.8 Å². The number of benzene rings is 3. The first-order chi connectivity index (χ1) is 17.0. The monoisotopic (exact) mass is 718 g/mol. The molecule has 4 rings (SSSR count). The average Bonchev–Trinajstić information content (AvgIpc) is 2.80. The molecule has 1 aliphatic rings. The second kappa shape index (κ2) is 11.1. The highest BCUT2D eigenvalue weighted by atomic mass is 127. The molecule has 0 unspecified atom stereocenters. The molecule has 4 amide bonds. The lowest BCUT2D eigenvalue weighted by Crippen LogP contribution is -2.54. The van der Waals surface area contributed by atoms with Crippen LogP contribution in [0, 0.1) is 10.5 Å². The van der Waals surface area contributed by atoms with Crippen LogP contribution in [0.5, 0.6) is 5.75 Å². The summed E-state index contributed by atoms with van der Waals surface area (Å²) in [6, 6.07) is 12.6. The van der Waals surface area contributed by atoms with E-state index in [4.69, 9.17) is 39.5 Å². The summed E-state index contributed by atoms with van der Waals surface area (Å²) in [5.74, 6) is -0.963. The number of rotatable bonds is 5. The lowest BCUT2D eigenvalue weighted by Gasteiger charge is -2.26. The number of anilines is 1. The molecule has 0 aliphatic carbocycles. The number of imide groups is 2. The van der Waals surface area contributed by atoms with Crippen LogP contribution in [0.25, 0.3) is 6.08 Å². The van der Waals surface area contributed by atoms with Crippen LogP contribution in [-0.4, -0.2) is 17.8 Å². The molecule has 0 radical (unpaired) electrons. The van der Waals surface area contributed by atoms with Crippen LogP contribution in [0.3, 0.4) is 0 Å². The van der Waals surface area contributed by atoms with Crippen molar-refractivity contribution in [3.63, 3.8) is 0 Å². The minimum absolute atomic E-state index is 0.196. The van der Waals surface area contributed by atoms with Crippen molar-refractivity contribution in [3.05, 3.63) is 93.9 Å². The molecule has 0 atom stereocenters. The number of nitrogens with zero attached hydrogens (tertiary/aromatic N) is 1. The number of barbiturate groups is 1. The Kier molecular flexibility index (Phi) is 8.31. The van der Waals surface area contributed by atoms with Gasteiger partial charge >= 0.3 is 6.03 Å². The number of carbonyl (C=O) groups excluding carboxylic acids is 3. The molecule has 0 aromatic heterocycles. The van der Waals surface area contributed by atoms with E-state index in [0.29, 0.717) is 30.9 Å². The second-order valence-electron chi connectivity index (χ2n) is 7.74. The molecule has 0 bridgehead atoms. The fourth-order valence-electron chi connectivity index (χ4n) is 3.37. The Morgan fingerprint density at radius 1 is 1.00 bits per heavy atom. The Hall–Kier alpha value is -2.11. The highest BCUT2D eigenvalue weighted by molar-refractivity contribution is 14.1. The lowest BCUT2D eigenvalue weighted by atomic mass is 10.1. The fourth-order valence-corrected chi connectivity index (χ4v) is 5.63. The quantitative estimate of drug-likeness (QED) is 0.168. The molecule has 3 aromatic carbocycles. The van der Waals surface area contributed by atoms with E-state index in [9.17, 15) is 14.4 Å². The molecule has 1 aliphatic heterocycles. The Morgan fingerprint density at radius 3 is 2.42 bits per heavy atom. The minimum Gasteiger partial charge on any atom is -0.487 e. The molecule has 1 fully saturated rings. The SMILES string of the molecule is Cc1ccc(N2C(=O)NC(=O)/C(=C/c3cc(Br)c(OCc4ccc(Cl)c(Cl)c4)c(I)c3)C2=O)cc1Cl. The van der Waals surface area contributed by atoms with Gasteiger partial charge in [-0.25, -0.2) is 9.69 Å². The summed E-state index contributed by atoms with van der Waals surface area (Å²) in [5.41, 5.74) is 2.25. The predicted molar refractivity (Wildman–Crippen MR) is 153 cm³/mol. The number of ether oxygens (including phenoxy) is 1. The normalized spacial score (nSPS) is 14.9. The van der Waals surface area contributed by atoms with Crippen molar-refractivity contribution in [3.8, 4) is 5.75 Å². The number of hydrogen-bond acceptors (Lipinski definition) is 4. The molecule has 1 N–H and O–H groups in total. The molecule has 0 spiro atoms. The largest absolute Gasteiger partial charge is 0.487 e.